The van der Waals surface area contributed by atoms with E-state index in [0.29, 0.717) is 11.8 Å². The normalized spacial score (nSPS) is 31.8. The fourth-order valence-electron chi connectivity index (χ4n) is 3.40. The highest BCUT2D eigenvalue weighted by Crippen LogP contribution is 2.27. The van der Waals surface area contributed by atoms with Gasteiger partial charge in [-0.3, -0.25) is 10.1 Å². The van der Waals surface area contributed by atoms with Crippen molar-refractivity contribution in [2.75, 3.05) is 26.2 Å². The molecule has 116 valence electrons. The molecule has 4 nitrogen and oxygen atoms in total. The van der Waals surface area contributed by atoms with Gasteiger partial charge in [-0.05, 0) is 58.2 Å². The molecule has 2 fully saturated rings. The van der Waals surface area contributed by atoms with Gasteiger partial charge in [-0.1, -0.05) is 20.8 Å². The standard InChI is InChI=1S/C16H31N3O/c1-5-16(4)15(20)19(14(17-16)13(2)3)12-8-11-18-9-6-7-10-18/h13-14,17H,5-12H2,1-4H3. The van der Waals surface area contributed by atoms with Gasteiger partial charge in [-0.15, -0.1) is 0 Å². The van der Waals surface area contributed by atoms with Crippen LogP contribution < -0.4 is 5.32 Å². The topological polar surface area (TPSA) is 35.6 Å². The van der Waals surface area contributed by atoms with E-state index < -0.39 is 0 Å². The summed E-state index contributed by atoms with van der Waals surface area (Å²) in [5.74, 6) is 0.749. The molecule has 1 amide bonds. The van der Waals surface area contributed by atoms with Gasteiger partial charge in [0, 0.05) is 6.54 Å². The number of carbonyl (C=O) groups is 1. The molecule has 2 aliphatic rings. The third-order valence-electron chi connectivity index (χ3n) is 4.95. The second-order valence-electron chi connectivity index (χ2n) is 6.92. The van der Waals surface area contributed by atoms with E-state index in [4.69, 9.17) is 0 Å². The number of nitrogens with zero attached hydrogens (tertiary/aromatic N) is 2. The highest BCUT2D eigenvalue weighted by molar-refractivity contribution is 5.88. The molecule has 0 aromatic heterocycles. The summed E-state index contributed by atoms with van der Waals surface area (Å²) in [6.45, 7) is 13.0. The Hall–Kier alpha value is -0.610. The van der Waals surface area contributed by atoms with Gasteiger partial charge in [0.2, 0.25) is 5.91 Å². The number of hydrogen-bond donors (Lipinski definition) is 1. The average molecular weight is 281 g/mol. The fourth-order valence-corrected chi connectivity index (χ4v) is 3.40. The summed E-state index contributed by atoms with van der Waals surface area (Å²) in [4.78, 5) is 17.3. The summed E-state index contributed by atoms with van der Waals surface area (Å²) in [6.07, 6.45) is 4.83. The van der Waals surface area contributed by atoms with Crippen molar-refractivity contribution in [1.82, 2.24) is 15.1 Å². The van der Waals surface area contributed by atoms with E-state index in [1.807, 2.05) is 6.92 Å². The molecule has 0 bridgehead atoms. The third kappa shape index (κ3) is 3.17. The quantitative estimate of drug-likeness (QED) is 0.809. The largest absolute Gasteiger partial charge is 0.325 e. The first-order chi connectivity index (χ1) is 9.48. The van der Waals surface area contributed by atoms with Crippen molar-refractivity contribution >= 4 is 5.91 Å². The molecule has 20 heavy (non-hydrogen) atoms. The van der Waals surface area contributed by atoms with Crippen molar-refractivity contribution in [2.45, 2.75) is 65.1 Å². The minimum Gasteiger partial charge on any atom is -0.325 e. The summed E-state index contributed by atoms with van der Waals surface area (Å²) in [7, 11) is 0. The molecule has 2 atom stereocenters. The zero-order valence-electron chi connectivity index (χ0n) is 13.6. The minimum absolute atomic E-state index is 0.200. The molecule has 0 aliphatic carbocycles. The molecule has 0 saturated carbocycles. The molecule has 0 radical (unpaired) electrons. The van der Waals surface area contributed by atoms with Crippen LogP contribution in [0, 0.1) is 5.92 Å². The van der Waals surface area contributed by atoms with Gasteiger partial charge in [-0.2, -0.15) is 0 Å². The number of nitrogens with one attached hydrogen (secondary N) is 1. The number of carbonyl (C=O) groups excluding carboxylic acids is 1. The average Bonchev–Trinajstić information content (AvgIpc) is 3.01. The van der Waals surface area contributed by atoms with E-state index in [9.17, 15) is 4.79 Å². The van der Waals surface area contributed by atoms with Crippen LogP contribution in [-0.2, 0) is 4.79 Å². The van der Waals surface area contributed by atoms with E-state index in [-0.39, 0.29) is 11.7 Å². The molecular weight excluding hydrogens is 250 g/mol. The number of hydrogen-bond acceptors (Lipinski definition) is 3. The number of rotatable bonds is 6. The van der Waals surface area contributed by atoms with Gasteiger partial charge < -0.3 is 9.80 Å². The minimum atomic E-state index is -0.359. The molecule has 2 rings (SSSR count). The van der Waals surface area contributed by atoms with E-state index in [1.54, 1.807) is 0 Å². The van der Waals surface area contributed by atoms with Gasteiger partial charge in [0.05, 0.1) is 11.7 Å². The van der Waals surface area contributed by atoms with Gasteiger partial charge >= 0.3 is 0 Å². The Morgan fingerprint density at radius 1 is 1.30 bits per heavy atom. The lowest BCUT2D eigenvalue weighted by molar-refractivity contribution is -0.133. The first-order valence-corrected chi connectivity index (χ1v) is 8.29. The Morgan fingerprint density at radius 2 is 1.95 bits per heavy atom. The monoisotopic (exact) mass is 281 g/mol. The predicted octanol–water partition coefficient (Wildman–Crippen LogP) is 2.05. The van der Waals surface area contributed by atoms with Gasteiger partial charge in [0.15, 0.2) is 0 Å². The van der Waals surface area contributed by atoms with Gasteiger partial charge in [-0.25, -0.2) is 0 Å². The van der Waals surface area contributed by atoms with Crippen LogP contribution in [0.1, 0.15) is 53.4 Å². The summed E-state index contributed by atoms with van der Waals surface area (Å²) < 4.78 is 0. The van der Waals surface area contributed by atoms with Crippen molar-refractivity contribution in [1.29, 1.82) is 0 Å². The number of amides is 1. The Balaban J connectivity index is 1.91. The van der Waals surface area contributed by atoms with Crippen molar-refractivity contribution < 1.29 is 4.79 Å². The van der Waals surface area contributed by atoms with Crippen molar-refractivity contribution in [3.8, 4) is 0 Å². The maximum Gasteiger partial charge on any atom is 0.243 e. The first kappa shape index (κ1) is 15.8. The molecule has 2 unspecified atom stereocenters. The lowest BCUT2D eigenvalue weighted by Crippen LogP contribution is -2.45. The van der Waals surface area contributed by atoms with Gasteiger partial charge in [0.1, 0.15) is 0 Å². The van der Waals surface area contributed by atoms with Crippen LogP contribution in [0.3, 0.4) is 0 Å². The Kier molecular flexibility index (Phi) is 5.08. The maximum absolute atomic E-state index is 12.7. The van der Waals surface area contributed by atoms with Crippen LogP contribution in [0.4, 0.5) is 0 Å². The van der Waals surface area contributed by atoms with Crippen LogP contribution in [0.25, 0.3) is 0 Å². The van der Waals surface area contributed by atoms with Crippen LogP contribution in [0.5, 0.6) is 0 Å². The van der Waals surface area contributed by atoms with Crippen LogP contribution >= 0.6 is 0 Å². The van der Waals surface area contributed by atoms with Crippen molar-refractivity contribution in [2.24, 2.45) is 5.92 Å². The van der Waals surface area contributed by atoms with E-state index >= 15 is 0 Å². The lowest BCUT2D eigenvalue weighted by atomic mass is 9.99. The van der Waals surface area contributed by atoms with E-state index in [2.05, 4.69) is 35.9 Å². The summed E-state index contributed by atoms with van der Waals surface area (Å²) in [5, 5.41) is 3.56. The zero-order valence-corrected chi connectivity index (χ0v) is 13.6. The molecule has 1 N–H and O–H groups in total. The van der Waals surface area contributed by atoms with Gasteiger partial charge in [0.25, 0.3) is 0 Å². The Labute approximate surface area is 123 Å². The SMILES string of the molecule is CCC1(C)NC(C(C)C)N(CCCN2CCCC2)C1=O. The van der Waals surface area contributed by atoms with Crippen LogP contribution in [0.15, 0.2) is 0 Å². The molecule has 0 aromatic rings. The van der Waals surface area contributed by atoms with Crippen molar-refractivity contribution in [3.63, 3.8) is 0 Å². The van der Waals surface area contributed by atoms with Crippen LogP contribution in [0.2, 0.25) is 0 Å². The molecule has 0 aromatic carbocycles. The predicted molar refractivity (Wildman–Crippen MR) is 82.5 cm³/mol. The summed E-state index contributed by atoms with van der Waals surface area (Å²) >= 11 is 0. The molecular formula is C16H31N3O. The first-order valence-electron chi connectivity index (χ1n) is 8.29. The molecule has 2 saturated heterocycles. The Morgan fingerprint density at radius 3 is 2.50 bits per heavy atom. The molecule has 2 heterocycles. The van der Waals surface area contributed by atoms with Crippen LogP contribution in [-0.4, -0.2) is 53.6 Å². The highest BCUT2D eigenvalue weighted by atomic mass is 16.2. The fraction of sp³-hybridized carbons (Fsp3) is 0.938. The molecule has 0 spiro atoms. The van der Waals surface area contributed by atoms with E-state index in [1.165, 1.54) is 25.9 Å². The summed E-state index contributed by atoms with van der Waals surface area (Å²) in [6, 6.07) is 0. The zero-order chi connectivity index (χ0) is 14.8. The molecule has 2 aliphatic heterocycles. The number of likely N-dealkylation sites (tertiary alicyclic amines) is 1. The second-order valence-corrected chi connectivity index (χ2v) is 6.92. The summed E-state index contributed by atoms with van der Waals surface area (Å²) in [5.41, 5.74) is -0.359. The lowest BCUT2D eigenvalue weighted by Gasteiger charge is -2.28. The Bertz CT molecular complexity index is 339. The third-order valence-corrected chi connectivity index (χ3v) is 4.95. The maximum atomic E-state index is 12.7. The second kappa shape index (κ2) is 6.44. The van der Waals surface area contributed by atoms with E-state index in [0.717, 1.165) is 25.9 Å². The van der Waals surface area contributed by atoms with Crippen molar-refractivity contribution in [3.05, 3.63) is 0 Å². The molecule has 4 heteroatoms. The smallest absolute Gasteiger partial charge is 0.243 e. The highest BCUT2D eigenvalue weighted by Gasteiger charge is 2.47.